The van der Waals surface area contributed by atoms with Gasteiger partial charge in [-0.05, 0) is 55.9 Å². The highest BCUT2D eigenvalue weighted by Crippen LogP contribution is 2.41. The Balaban J connectivity index is 1.69. The fraction of sp³-hybridized carbons (Fsp3) is 0.533. The number of carbonyl (C=O) groups is 2. The topological polar surface area (TPSA) is 103 Å². The molecule has 0 saturated carbocycles. The highest BCUT2D eigenvalue weighted by molar-refractivity contribution is 6.03. The number of fused-ring (bicyclic) bond motifs is 1. The van der Waals surface area contributed by atoms with E-state index in [-0.39, 0.29) is 30.8 Å². The third kappa shape index (κ3) is 7.48. The van der Waals surface area contributed by atoms with Crippen LogP contribution in [0.15, 0.2) is 42.5 Å². The fourth-order valence-corrected chi connectivity index (χ4v) is 4.15. The van der Waals surface area contributed by atoms with Crippen molar-refractivity contribution in [3.05, 3.63) is 59.2 Å². The van der Waals surface area contributed by atoms with E-state index in [1.54, 1.807) is 12.1 Å². The minimum atomic E-state index is -2.30. The zero-order chi connectivity index (χ0) is 27.5. The third-order valence-corrected chi connectivity index (χ3v) is 6.52. The van der Waals surface area contributed by atoms with Crippen molar-refractivity contribution in [2.24, 2.45) is 0 Å². The number of nitrogens with one attached hydrogen (secondary N) is 1. The number of hydrogen-bond acceptors (Lipinski definition) is 8. The van der Waals surface area contributed by atoms with Gasteiger partial charge in [-0.25, -0.2) is 9.59 Å². The normalized spacial score (nSPS) is 15.1. The summed E-state index contributed by atoms with van der Waals surface area (Å²) in [6.45, 7) is 8.77. The van der Waals surface area contributed by atoms with Gasteiger partial charge in [0.2, 0.25) is 0 Å². The van der Waals surface area contributed by atoms with Gasteiger partial charge >= 0.3 is 17.7 Å². The van der Waals surface area contributed by atoms with Crippen LogP contribution in [0.3, 0.4) is 0 Å². The molecule has 2 atom stereocenters. The highest BCUT2D eigenvalue weighted by atomic mass is 16.8. The Kier molecular flexibility index (Phi) is 11.0. The molecule has 1 aliphatic heterocycles. The molecule has 8 heteroatoms. The smallest absolute Gasteiger partial charge is 0.453 e. The molecule has 8 nitrogen and oxygen atoms in total. The lowest BCUT2D eigenvalue weighted by atomic mass is 10.0. The molecule has 0 amide bonds. The van der Waals surface area contributed by atoms with Crippen LogP contribution in [0.5, 0.6) is 11.5 Å². The second-order valence-corrected chi connectivity index (χ2v) is 9.73. The summed E-state index contributed by atoms with van der Waals surface area (Å²) in [5.41, 5.74) is 2.92. The van der Waals surface area contributed by atoms with Gasteiger partial charge in [-0.1, -0.05) is 69.5 Å². The first-order valence-corrected chi connectivity index (χ1v) is 13.7. The van der Waals surface area contributed by atoms with Crippen LogP contribution >= 0.6 is 0 Å². The number of hydrogen-bond donors (Lipinski definition) is 2. The second-order valence-electron chi connectivity index (χ2n) is 9.73. The number of aliphatic hydroxyl groups excluding tert-OH is 1. The Morgan fingerprint density at radius 2 is 1.61 bits per heavy atom. The van der Waals surface area contributed by atoms with Gasteiger partial charge < -0.3 is 29.4 Å². The summed E-state index contributed by atoms with van der Waals surface area (Å²) < 4.78 is 22.3. The average molecular weight is 528 g/mol. The van der Waals surface area contributed by atoms with Crippen molar-refractivity contribution in [1.29, 1.82) is 0 Å². The highest BCUT2D eigenvalue weighted by Gasteiger charge is 2.59. The van der Waals surface area contributed by atoms with Crippen molar-refractivity contribution in [3.63, 3.8) is 0 Å². The van der Waals surface area contributed by atoms with Gasteiger partial charge in [0.1, 0.15) is 0 Å². The summed E-state index contributed by atoms with van der Waals surface area (Å²) in [6, 6.07) is 13.3. The lowest BCUT2D eigenvalue weighted by Gasteiger charge is -2.23. The Hall–Kier alpha value is -3.10. The molecule has 208 valence electrons. The lowest BCUT2D eigenvalue weighted by molar-refractivity contribution is -0.202. The van der Waals surface area contributed by atoms with Crippen LogP contribution in [-0.4, -0.2) is 48.6 Å². The average Bonchev–Trinajstić information content (AvgIpc) is 3.31. The minimum Gasteiger partial charge on any atom is -0.459 e. The standard InChI is InChI=1S/C30H41NO7/c1-5-8-15-35-28(33)30(29(34)36-16-9-6-2)37-26-14-13-22(19-27(26)38-30)18-24(7-3)31-20-25(32)23-12-10-11-21(4)17-23/h10-14,17,19,24-25,31-32H,5-9,15-16,18,20H2,1-4H3. The molecule has 0 spiro atoms. The van der Waals surface area contributed by atoms with E-state index in [4.69, 9.17) is 18.9 Å². The molecule has 0 aliphatic carbocycles. The first-order chi connectivity index (χ1) is 18.3. The quantitative estimate of drug-likeness (QED) is 0.194. The molecule has 38 heavy (non-hydrogen) atoms. The lowest BCUT2D eigenvalue weighted by Crippen LogP contribution is -2.56. The number of rotatable bonds is 15. The monoisotopic (exact) mass is 527 g/mol. The Bertz CT molecular complexity index is 1050. The van der Waals surface area contributed by atoms with Gasteiger partial charge in [-0.2, -0.15) is 0 Å². The zero-order valence-corrected chi connectivity index (χ0v) is 23.0. The molecule has 0 radical (unpaired) electrons. The van der Waals surface area contributed by atoms with Crippen LogP contribution in [0, 0.1) is 6.92 Å². The van der Waals surface area contributed by atoms with E-state index in [1.807, 2.05) is 51.1 Å². The Morgan fingerprint density at radius 3 is 2.21 bits per heavy atom. The summed E-state index contributed by atoms with van der Waals surface area (Å²) in [5.74, 6) is -3.56. The predicted octanol–water partition coefficient (Wildman–Crippen LogP) is 4.79. The molecule has 1 aliphatic rings. The van der Waals surface area contributed by atoms with Gasteiger partial charge in [0.05, 0.1) is 19.3 Å². The van der Waals surface area contributed by atoms with E-state index in [9.17, 15) is 14.7 Å². The van der Waals surface area contributed by atoms with E-state index in [0.717, 1.165) is 36.0 Å². The van der Waals surface area contributed by atoms with Crippen molar-refractivity contribution in [2.75, 3.05) is 19.8 Å². The van der Waals surface area contributed by atoms with Crippen LogP contribution < -0.4 is 14.8 Å². The van der Waals surface area contributed by atoms with Crippen molar-refractivity contribution in [3.8, 4) is 11.5 Å². The number of unbranched alkanes of at least 4 members (excludes halogenated alkanes) is 2. The van der Waals surface area contributed by atoms with E-state index in [0.29, 0.717) is 25.8 Å². The van der Waals surface area contributed by atoms with E-state index >= 15 is 0 Å². The molecular formula is C30H41NO7. The third-order valence-electron chi connectivity index (χ3n) is 6.52. The molecule has 0 bridgehead atoms. The molecule has 2 aromatic rings. The molecule has 2 unspecified atom stereocenters. The summed E-state index contributed by atoms with van der Waals surface area (Å²) >= 11 is 0. The molecule has 2 aromatic carbocycles. The molecule has 0 saturated heterocycles. The zero-order valence-electron chi connectivity index (χ0n) is 23.0. The van der Waals surface area contributed by atoms with E-state index in [2.05, 4.69) is 12.2 Å². The Morgan fingerprint density at radius 1 is 0.947 bits per heavy atom. The largest absolute Gasteiger partial charge is 0.459 e. The fourth-order valence-electron chi connectivity index (χ4n) is 4.15. The first kappa shape index (κ1) is 29.5. The van der Waals surface area contributed by atoms with Crippen molar-refractivity contribution in [1.82, 2.24) is 5.32 Å². The number of aryl methyl sites for hydroxylation is 1. The molecular weight excluding hydrogens is 486 g/mol. The summed E-state index contributed by atoms with van der Waals surface area (Å²) in [4.78, 5) is 25.9. The number of ether oxygens (including phenoxy) is 4. The van der Waals surface area contributed by atoms with Gasteiger partial charge in [0.15, 0.2) is 11.5 Å². The SMILES string of the molecule is CCCCOC(=O)C1(C(=O)OCCCC)Oc2ccc(CC(CC)NCC(O)c3cccc(C)c3)cc2O1. The van der Waals surface area contributed by atoms with E-state index < -0.39 is 23.8 Å². The summed E-state index contributed by atoms with van der Waals surface area (Å²) in [7, 11) is 0. The van der Waals surface area contributed by atoms with Crippen molar-refractivity contribution < 1.29 is 33.6 Å². The van der Waals surface area contributed by atoms with Crippen LogP contribution in [0.4, 0.5) is 0 Å². The minimum absolute atomic E-state index is 0.0950. The van der Waals surface area contributed by atoms with Crippen LogP contribution in [0.1, 0.15) is 75.7 Å². The molecule has 0 aromatic heterocycles. The van der Waals surface area contributed by atoms with Crippen LogP contribution in [-0.2, 0) is 25.5 Å². The predicted molar refractivity (Wildman–Crippen MR) is 144 cm³/mol. The number of carbonyl (C=O) groups excluding carboxylic acids is 2. The molecule has 1 heterocycles. The van der Waals surface area contributed by atoms with Crippen molar-refractivity contribution in [2.45, 2.75) is 84.2 Å². The van der Waals surface area contributed by atoms with E-state index in [1.165, 1.54) is 0 Å². The Labute approximate surface area is 225 Å². The first-order valence-electron chi connectivity index (χ1n) is 13.7. The molecule has 0 fully saturated rings. The molecule has 3 rings (SSSR count). The maximum Gasteiger partial charge on any atom is 0.453 e. The summed E-state index contributed by atoms with van der Waals surface area (Å²) in [5, 5.41) is 14.1. The van der Waals surface area contributed by atoms with Crippen molar-refractivity contribution >= 4 is 11.9 Å². The van der Waals surface area contributed by atoms with Crippen LogP contribution in [0.2, 0.25) is 0 Å². The number of aliphatic hydroxyl groups is 1. The van der Waals surface area contributed by atoms with Crippen LogP contribution in [0.25, 0.3) is 0 Å². The number of esters is 2. The van der Waals surface area contributed by atoms with Gasteiger partial charge in [0, 0.05) is 12.6 Å². The number of benzene rings is 2. The maximum absolute atomic E-state index is 13.0. The maximum atomic E-state index is 13.0. The second kappa shape index (κ2) is 14.2. The summed E-state index contributed by atoms with van der Waals surface area (Å²) in [6.07, 6.45) is 3.87. The molecule has 2 N–H and O–H groups in total. The van der Waals surface area contributed by atoms with Gasteiger partial charge in [0.25, 0.3) is 0 Å². The van der Waals surface area contributed by atoms with Gasteiger partial charge in [-0.15, -0.1) is 0 Å². The van der Waals surface area contributed by atoms with Gasteiger partial charge in [-0.3, -0.25) is 0 Å².